The van der Waals surface area contributed by atoms with Crippen molar-refractivity contribution >= 4 is 27.7 Å². The number of rotatable bonds is 6. The minimum atomic E-state index is -4.92. The van der Waals surface area contributed by atoms with E-state index in [1.807, 2.05) is 0 Å². The van der Waals surface area contributed by atoms with Gasteiger partial charge in [-0.3, -0.25) is 4.79 Å². The van der Waals surface area contributed by atoms with E-state index in [0.29, 0.717) is 18.2 Å². The molecule has 1 saturated heterocycles. The van der Waals surface area contributed by atoms with Crippen molar-refractivity contribution in [1.82, 2.24) is 9.62 Å². The van der Waals surface area contributed by atoms with Crippen LogP contribution in [0.15, 0.2) is 29.2 Å². The first-order chi connectivity index (χ1) is 12.2. The molecule has 144 valence electrons. The van der Waals surface area contributed by atoms with Gasteiger partial charge in [0.15, 0.2) is 0 Å². The molecule has 1 aliphatic heterocycles. The Kier molecular flexibility index (Phi) is 5.40. The van der Waals surface area contributed by atoms with E-state index in [2.05, 4.69) is 10.1 Å². The molecule has 2 aliphatic rings. The molecule has 1 amide bonds. The molecule has 1 heterocycles. The van der Waals surface area contributed by atoms with Crippen molar-refractivity contribution in [1.29, 1.82) is 0 Å². The number of halogens is 3. The standard InChI is InChI=1S/C15H17F3N2O4S2/c16-15(17,18)24-11-2-1-3-12(6-11)26(22,23)20-9-25-8-13(20)14(21)19-7-10-4-5-10/h1-3,6,10,13H,4-5,7-9H2,(H,19,21). The van der Waals surface area contributed by atoms with Crippen molar-refractivity contribution in [3.05, 3.63) is 24.3 Å². The number of amides is 1. The van der Waals surface area contributed by atoms with E-state index in [4.69, 9.17) is 0 Å². The van der Waals surface area contributed by atoms with Crippen LogP contribution in [0.5, 0.6) is 5.75 Å². The molecule has 2 fully saturated rings. The maximum Gasteiger partial charge on any atom is 0.573 e. The summed E-state index contributed by atoms with van der Waals surface area (Å²) in [5.41, 5.74) is 0. The normalized spacial score (nSPS) is 21.6. The molecule has 0 aromatic heterocycles. The first-order valence-electron chi connectivity index (χ1n) is 7.90. The van der Waals surface area contributed by atoms with E-state index in [1.165, 1.54) is 23.9 Å². The summed E-state index contributed by atoms with van der Waals surface area (Å²) in [6, 6.07) is 3.30. The molecule has 26 heavy (non-hydrogen) atoms. The highest BCUT2D eigenvalue weighted by atomic mass is 32.2. The van der Waals surface area contributed by atoms with Gasteiger partial charge < -0.3 is 10.1 Å². The first kappa shape index (κ1) is 19.3. The zero-order chi connectivity index (χ0) is 18.9. The third-order valence-corrected chi connectivity index (χ3v) is 7.08. The Hall–Kier alpha value is -1.46. The summed E-state index contributed by atoms with van der Waals surface area (Å²) >= 11 is 1.28. The molecule has 1 aromatic rings. The van der Waals surface area contributed by atoms with Crippen LogP contribution in [0.2, 0.25) is 0 Å². The minimum absolute atomic E-state index is 0.0637. The summed E-state index contributed by atoms with van der Waals surface area (Å²) in [5, 5.41) is 2.75. The van der Waals surface area contributed by atoms with E-state index in [-0.39, 0.29) is 16.7 Å². The molecule has 1 N–H and O–H groups in total. The van der Waals surface area contributed by atoms with Gasteiger partial charge in [0, 0.05) is 18.4 Å². The molecule has 1 aliphatic carbocycles. The van der Waals surface area contributed by atoms with Gasteiger partial charge in [0.1, 0.15) is 11.8 Å². The van der Waals surface area contributed by atoms with Crippen LogP contribution in [0.1, 0.15) is 12.8 Å². The molecule has 0 radical (unpaired) electrons. The zero-order valence-corrected chi connectivity index (χ0v) is 15.2. The smallest absolute Gasteiger partial charge is 0.406 e. The number of sulfonamides is 1. The summed E-state index contributed by atoms with van der Waals surface area (Å²) in [6.07, 6.45) is -2.82. The number of thioether (sulfide) groups is 1. The van der Waals surface area contributed by atoms with Gasteiger partial charge in [-0.05, 0) is 30.9 Å². The number of benzene rings is 1. The average Bonchev–Trinajstić information content (AvgIpc) is 3.24. The summed E-state index contributed by atoms with van der Waals surface area (Å²) < 4.78 is 67.5. The maximum atomic E-state index is 12.8. The largest absolute Gasteiger partial charge is 0.573 e. The SMILES string of the molecule is O=C(NCC1CC1)C1CSCN1S(=O)(=O)c1cccc(OC(F)(F)F)c1. The topological polar surface area (TPSA) is 75.7 Å². The quantitative estimate of drug-likeness (QED) is 0.778. The lowest BCUT2D eigenvalue weighted by Gasteiger charge is -2.23. The Bertz CT molecular complexity index is 781. The van der Waals surface area contributed by atoms with Gasteiger partial charge in [-0.2, -0.15) is 4.31 Å². The molecular weight excluding hydrogens is 393 g/mol. The van der Waals surface area contributed by atoms with Crippen molar-refractivity contribution in [2.75, 3.05) is 18.2 Å². The summed E-state index contributed by atoms with van der Waals surface area (Å²) in [6.45, 7) is 0.517. The van der Waals surface area contributed by atoms with E-state index in [9.17, 15) is 26.4 Å². The highest BCUT2D eigenvalue weighted by molar-refractivity contribution is 8.00. The number of nitrogens with zero attached hydrogens (tertiary/aromatic N) is 1. The summed E-state index contributed by atoms with van der Waals surface area (Å²) in [5.74, 6) is -0.189. The maximum absolute atomic E-state index is 12.8. The molecule has 1 unspecified atom stereocenters. The third-order valence-electron chi connectivity index (χ3n) is 4.05. The molecular formula is C15H17F3N2O4S2. The molecule has 1 saturated carbocycles. The van der Waals surface area contributed by atoms with Crippen LogP contribution in [0.3, 0.4) is 0 Å². The number of carbonyl (C=O) groups excluding carboxylic acids is 1. The van der Waals surface area contributed by atoms with Crippen LogP contribution in [0.4, 0.5) is 13.2 Å². The summed E-state index contributed by atoms with van der Waals surface area (Å²) in [7, 11) is -4.13. The van der Waals surface area contributed by atoms with Crippen LogP contribution in [-0.4, -0.2) is 49.2 Å². The predicted molar refractivity (Wildman–Crippen MR) is 89.0 cm³/mol. The van der Waals surface area contributed by atoms with Gasteiger partial charge in [0.05, 0.1) is 10.8 Å². The van der Waals surface area contributed by atoms with Crippen molar-refractivity contribution in [2.24, 2.45) is 5.92 Å². The Morgan fingerprint density at radius 1 is 1.35 bits per heavy atom. The van der Waals surface area contributed by atoms with E-state index < -0.39 is 28.2 Å². The number of hydrogen-bond donors (Lipinski definition) is 1. The Balaban J connectivity index is 1.77. The summed E-state index contributed by atoms with van der Waals surface area (Å²) in [4.78, 5) is 12.0. The highest BCUT2D eigenvalue weighted by Gasteiger charge is 2.40. The van der Waals surface area contributed by atoms with Gasteiger partial charge in [-0.25, -0.2) is 8.42 Å². The van der Waals surface area contributed by atoms with Gasteiger partial charge in [-0.15, -0.1) is 24.9 Å². The van der Waals surface area contributed by atoms with E-state index >= 15 is 0 Å². The number of nitrogens with one attached hydrogen (secondary N) is 1. The Morgan fingerprint density at radius 2 is 2.08 bits per heavy atom. The molecule has 1 atom stereocenters. The third kappa shape index (κ3) is 4.63. The van der Waals surface area contributed by atoms with Crippen LogP contribution in [-0.2, 0) is 14.8 Å². The second-order valence-corrected chi connectivity index (χ2v) is 9.01. The van der Waals surface area contributed by atoms with Crippen molar-refractivity contribution in [3.63, 3.8) is 0 Å². The van der Waals surface area contributed by atoms with Gasteiger partial charge in [0.2, 0.25) is 15.9 Å². The van der Waals surface area contributed by atoms with E-state index in [1.54, 1.807) is 0 Å². The van der Waals surface area contributed by atoms with Crippen LogP contribution in [0, 0.1) is 5.92 Å². The minimum Gasteiger partial charge on any atom is -0.406 e. The molecule has 3 rings (SSSR count). The fourth-order valence-electron chi connectivity index (χ4n) is 2.52. The number of carbonyl (C=O) groups is 1. The lowest BCUT2D eigenvalue weighted by atomic mass is 10.3. The van der Waals surface area contributed by atoms with Crippen LogP contribution < -0.4 is 10.1 Å². The van der Waals surface area contributed by atoms with E-state index in [0.717, 1.165) is 29.3 Å². The Labute approximate surface area is 153 Å². The Morgan fingerprint density at radius 3 is 2.73 bits per heavy atom. The molecule has 11 heteroatoms. The lowest BCUT2D eigenvalue weighted by molar-refractivity contribution is -0.274. The second kappa shape index (κ2) is 7.28. The van der Waals surface area contributed by atoms with Crippen LogP contribution >= 0.6 is 11.8 Å². The molecule has 1 aromatic carbocycles. The lowest BCUT2D eigenvalue weighted by Crippen LogP contribution is -2.47. The van der Waals surface area contributed by atoms with Crippen molar-refractivity contribution in [2.45, 2.75) is 30.1 Å². The monoisotopic (exact) mass is 410 g/mol. The fourth-order valence-corrected chi connectivity index (χ4v) is 5.71. The number of ether oxygens (including phenoxy) is 1. The fraction of sp³-hybridized carbons (Fsp3) is 0.533. The average molecular weight is 410 g/mol. The molecule has 0 bridgehead atoms. The zero-order valence-electron chi connectivity index (χ0n) is 13.5. The van der Waals surface area contributed by atoms with Crippen LogP contribution in [0.25, 0.3) is 0 Å². The highest BCUT2D eigenvalue weighted by Crippen LogP contribution is 2.32. The van der Waals surface area contributed by atoms with Gasteiger partial charge in [0.25, 0.3) is 0 Å². The number of alkyl halides is 3. The second-order valence-electron chi connectivity index (χ2n) is 6.12. The first-order valence-corrected chi connectivity index (χ1v) is 10.5. The number of hydrogen-bond acceptors (Lipinski definition) is 5. The van der Waals surface area contributed by atoms with Gasteiger partial charge >= 0.3 is 6.36 Å². The van der Waals surface area contributed by atoms with Crippen molar-refractivity contribution in [3.8, 4) is 5.75 Å². The van der Waals surface area contributed by atoms with Crippen molar-refractivity contribution < 1.29 is 31.1 Å². The van der Waals surface area contributed by atoms with Gasteiger partial charge in [-0.1, -0.05) is 6.07 Å². The predicted octanol–water partition coefficient (Wildman–Crippen LogP) is 2.17. The molecule has 6 nitrogen and oxygen atoms in total. The molecule has 0 spiro atoms.